The fraction of sp³-hybridized carbons (Fsp3) is 0.800. The monoisotopic (exact) mass is 350 g/mol. The molecule has 0 radical (unpaired) electrons. The predicted molar refractivity (Wildman–Crippen MR) is 84.0 cm³/mol. The molecule has 134 valence electrons. The zero-order chi connectivity index (χ0) is 18.2. The minimum Gasteiger partial charge on any atom is -0.443 e. The van der Waals surface area contributed by atoms with E-state index in [2.05, 4.69) is 4.18 Å². The number of hydrogen-bond donors (Lipinski definition) is 0. The van der Waals surface area contributed by atoms with Crippen molar-refractivity contribution in [2.24, 2.45) is 11.8 Å². The van der Waals surface area contributed by atoms with Crippen LogP contribution in [-0.2, 0) is 33.4 Å². The highest BCUT2D eigenvalue weighted by Crippen LogP contribution is 2.19. The van der Waals surface area contributed by atoms with E-state index in [0.717, 1.165) is 0 Å². The molecule has 0 saturated carbocycles. The van der Waals surface area contributed by atoms with Crippen LogP contribution in [0.5, 0.6) is 0 Å². The zero-order valence-corrected chi connectivity index (χ0v) is 15.1. The summed E-state index contributed by atoms with van der Waals surface area (Å²) in [7, 11) is -4.08. The van der Waals surface area contributed by atoms with Gasteiger partial charge in [-0.2, -0.15) is 8.42 Å². The highest BCUT2D eigenvalue weighted by molar-refractivity contribution is 7.87. The lowest BCUT2D eigenvalue weighted by Crippen LogP contribution is -2.33. The Kier molecular flexibility index (Phi) is 9.23. The smallest absolute Gasteiger partial charge is 0.317 e. The number of ketones is 2. The lowest BCUT2D eigenvalue weighted by atomic mass is 10.0. The standard InChI is InChI=1S/C15H26O7S/c1-6-21-23(19,20)14(9-7-8-10(2)12(4)16)22-15(18)11(3)13(5)17/h10-11,14H,6-9H2,1-5H3. The Morgan fingerprint density at radius 2 is 1.57 bits per heavy atom. The second kappa shape index (κ2) is 9.77. The first-order chi connectivity index (χ1) is 10.5. The molecule has 0 heterocycles. The minimum absolute atomic E-state index is 0.0102. The second-order valence-electron chi connectivity index (χ2n) is 5.54. The number of hydrogen-bond acceptors (Lipinski definition) is 7. The van der Waals surface area contributed by atoms with E-state index in [9.17, 15) is 22.8 Å². The van der Waals surface area contributed by atoms with Crippen molar-refractivity contribution in [1.82, 2.24) is 0 Å². The number of esters is 1. The van der Waals surface area contributed by atoms with Crippen LogP contribution >= 0.6 is 0 Å². The lowest BCUT2D eigenvalue weighted by molar-refractivity contribution is -0.153. The van der Waals surface area contributed by atoms with Crippen molar-refractivity contribution in [2.45, 2.75) is 59.3 Å². The van der Waals surface area contributed by atoms with Gasteiger partial charge in [0.1, 0.15) is 17.5 Å². The van der Waals surface area contributed by atoms with E-state index in [1.54, 1.807) is 6.92 Å². The first-order valence-electron chi connectivity index (χ1n) is 7.62. The summed E-state index contributed by atoms with van der Waals surface area (Å²) in [5, 5.41) is 0. The maximum atomic E-state index is 12.0. The molecule has 0 rings (SSSR count). The van der Waals surface area contributed by atoms with Gasteiger partial charge in [0.2, 0.25) is 5.44 Å². The van der Waals surface area contributed by atoms with Crippen LogP contribution < -0.4 is 0 Å². The lowest BCUT2D eigenvalue weighted by Gasteiger charge is -2.19. The third-order valence-corrected chi connectivity index (χ3v) is 5.13. The molecule has 3 atom stereocenters. The average Bonchev–Trinajstić information content (AvgIpc) is 2.44. The molecule has 0 N–H and O–H groups in total. The quantitative estimate of drug-likeness (QED) is 0.318. The third-order valence-electron chi connectivity index (χ3n) is 3.59. The van der Waals surface area contributed by atoms with E-state index in [-0.39, 0.29) is 24.7 Å². The Hall–Kier alpha value is -1.28. The first-order valence-corrected chi connectivity index (χ1v) is 9.09. The molecule has 23 heavy (non-hydrogen) atoms. The summed E-state index contributed by atoms with van der Waals surface area (Å²) >= 11 is 0. The van der Waals surface area contributed by atoms with Gasteiger partial charge in [-0.25, -0.2) is 0 Å². The molecule has 0 fully saturated rings. The van der Waals surface area contributed by atoms with Crippen molar-refractivity contribution < 1.29 is 31.7 Å². The topological polar surface area (TPSA) is 104 Å². The summed E-state index contributed by atoms with van der Waals surface area (Å²) in [6.45, 7) is 7.22. The second-order valence-corrected chi connectivity index (χ2v) is 7.29. The number of Topliss-reactive ketones (excluding diaryl/α,β-unsaturated/α-hetero) is 2. The van der Waals surface area contributed by atoms with Crippen LogP contribution in [0, 0.1) is 11.8 Å². The molecule has 0 aromatic rings. The van der Waals surface area contributed by atoms with Gasteiger partial charge in [0.15, 0.2) is 0 Å². The number of ether oxygens (including phenoxy) is 1. The van der Waals surface area contributed by atoms with Gasteiger partial charge >= 0.3 is 16.1 Å². The minimum atomic E-state index is -4.08. The van der Waals surface area contributed by atoms with Crippen molar-refractivity contribution in [1.29, 1.82) is 0 Å². The number of rotatable bonds is 11. The number of carbonyl (C=O) groups is 3. The van der Waals surface area contributed by atoms with Gasteiger partial charge in [-0.05, 0) is 40.5 Å². The molecule has 0 aliphatic carbocycles. The van der Waals surface area contributed by atoms with Gasteiger partial charge < -0.3 is 4.74 Å². The summed E-state index contributed by atoms with van der Waals surface area (Å²) in [4.78, 5) is 34.2. The fourth-order valence-corrected chi connectivity index (χ4v) is 2.84. The molecule has 7 nitrogen and oxygen atoms in total. The van der Waals surface area contributed by atoms with Gasteiger partial charge in [0.25, 0.3) is 0 Å². The SMILES string of the molecule is CCOS(=O)(=O)C(CCCC(C)C(C)=O)OC(=O)C(C)C(C)=O. The maximum absolute atomic E-state index is 12.0. The summed E-state index contributed by atoms with van der Waals surface area (Å²) < 4.78 is 33.7. The zero-order valence-electron chi connectivity index (χ0n) is 14.3. The molecule has 0 bridgehead atoms. The molecule has 0 aromatic carbocycles. The predicted octanol–water partition coefficient (Wildman–Crippen LogP) is 1.84. The molecular formula is C15H26O7S. The molecular weight excluding hydrogens is 324 g/mol. The molecule has 0 aliphatic heterocycles. The van der Waals surface area contributed by atoms with Crippen LogP contribution in [0.4, 0.5) is 0 Å². The van der Waals surface area contributed by atoms with E-state index >= 15 is 0 Å². The highest BCUT2D eigenvalue weighted by Gasteiger charge is 2.32. The average molecular weight is 350 g/mol. The van der Waals surface area contributed by atoms with Crippen LogP contribution in [0.1, 0.15) is 53.9 Å². The van der Waals surface area contributed by atoms with Crippen molar-refractivity contribution in [2.75, 3.05) is 6.61 Å². The van der Waals surface area contributed by atoms with Crippen molar-refractivity contribution >= 4 is 27.7 Å². The Morgan fingerprint density at radius 3 is 2.00 bits per heavy atom. The van der Waals surface area contributed by atoms with Gasteiger partial charge in [-0.3, -0.25) is 18.6 Å². The largest absolute Gasteiger partial charge is 0.443 e. The van der Waals surface area contributed by atoms with Crippen LogP contribution in [0.15, 0.2) is 0 Å². The van der Waals surface area contributed by atoms with Crippen molar-refractivity contribution in [3.05, 3.63) is 0 Å². The Morgan fingerprint density at radius 1 is 1.00 bits per heavy atom. The summed E-state index contributed by atoms with van der Waals surface area (Å²) in [5.41, 5.74) is -1.48. The van der Waals surface area contributed by atoms with Crippen LogP contribution in [-0.4, -0.2) is 38.0 Å². The van der Waals surface area contributed by atoms with Crippen LogP contribution in [0.25, 0.3) is 0 Å². The van der Waals surface area contributed by atoms with Gasteiger partial charge in [0.05, 0.1) is 6.61 Å². The van der Waals surface area contributed by atoms with Gasteiger partial charge in [-0.15, -0.1) is 0 Å². The summed E-state index contributed by atoms with van der Waals surface area (Å²) in [6.07, 6.45) is 0.864. The van der Waals surface area contributed by atoms with E-state index in [4.69, 9.17) is 4.74 Å². The van der Waals surface area contributed by atoms with E-state index in [1.165, 1.54) is 27.7 Å². The van der Waals surface area contributed by atoms with Crippen LogP contribution in [0.2, 0.25) is 0 Å². The summed E-state index contributed by atoms with van der Waals surface area (Å²) in [5.74, 6) is -2.53. The van der Waals surface area contributed by atoms with E-state index in [1.807, 2.05) is 0 Å². The molecule has 0 aromatic heterocycles. The van der Waals surface area contributed by atoms with Crippen LogP contribution in [0.3, 0.4) is 0 Å². The Bertz CT molecular complexity index is 524. The number of carbonyl (C=O) groups excluding carboxylic acids is 3. The maximum Gasteiger partial charge on any atom is 0.317 e. The normalized spacial score (nSPS) is 15.5. The molecule has 3 unspecified atom stereocenters. The molecule has 0 aliphatic rings. The van der Waals surface area contributed by atoms with Crippen molar-refractivity contribution in [3.63, 3.8) is 0 Å². The Labute approximate surface area is 137 Å². The molecule has 8 heteroatoms. The molecule has 0 amide bonds. The first kappa shape index (κ1) is 21.7. The Balaban J connectivity index is 4.94. The van der Waals surface area contributed by atoms with E-state index in [0.29, 0.717) is 12.8 Å². The third kappa shape index (κ3) is 7.69. The molecule has 0 spiro atoms. The highest BCUT2D eigenvalue weighted by atomic mass is 32.2. The van der Waals surface area contributed by atoms with E-state index < -0.39 is 33.2 Å². The molecule has 0 saturated heterocycles. The van der Waals surface area contributed by atoms with Gasteiger partial charge in [0, 0.05) is 12.3 Å². The fourth-order valence-electron chi connectivity index (χ4n) is 1.69. The van der Waals surface area contributed by atoms with Crippen molar-refractivity contribution in [3.8, 4) is 0 Å². The van der Waals surface area contributed by atoms with Gasteiger partial charge in [-0.1, -0.05) is 6.92 Å². The summed E-state index contributed by atoms with van der Waals surface area (Å²) in [6, 6.07) is 0.